The first-order valence-corrected chi connectivity index (χ1v) is 8.34. The van der Waals surface area contributed by atoms with Crippen molar-refractivity contribution in [3.8, 4) is 0 Å². The molecule has 2 aromatic rings. The largest absolute Gasteiger partial charge is 0.435 e. The Morgan fingerprint density at radius 2 is 1.04 bits per heavy atom. The van der Waals surface area contributed by atoms with Gasteiger partial charge in [0.25, 0.3) is 0 Å². The molecule has 1 aliphatic heterocycles. The summed E-state index contributed by atoms with van der Waals surface area (Å²) in [4.78, 5) is 0. The maximum Gasteiger partial charge on any atom is 0.435 e. The van der Waals surface area contributed by atoms with Crippen LogP contribution in [0.2, 0.25) is 0 Å². The van der Waals surface area contributed by atoms with Gasteiger partial charge >= 0.3 is 18.0 Å². The van der Waals surface area contributed by atoms with E-state index in [1.165, 1.54) is 12.1 Å². The highest BCUT2D eigenvalue weighted by molar-refractivity contribution is 5.36. The number of hydrogen-bond acceptors (Lipinski definition) is 1. The number of alkyl halides is 7. The lowest BCUT2D eigenvalue weighted by atomic mass is 9.83. The van der Waals surface area contributed by atoms with Crippen LogP contribution >= 0.6 is 0 Å². The molecule has 1 saturated heterocycles. The molecule has 1 fully saturated rings. The highest BCUT2D eigenvalue weighted by atomic mass is 19.4. The van der Waals surface area contributed by atoms with Crippen molar-refractivity contribution in [3.05, 3.63) is 71.0 Å². The van der Waals surface area contributed by atoms with Gasteiger partial charge in [-0.15, -0.1) is 0 Å². The van der Waals surface area contributed by atoms with Gasteiger partial charge in [-0.05, 0) is 23.3 Å². The summed E-state index contributed by atoms with van der Waals surface area (Å²) in [5.41, 5.74) is -5.70. The average Bonchev–Trinajstić information content (AvgIpc) is 3.09. The second-order valence-corrected chi connectivity index (χ2v) is 6.70. The summed E-state index contributed by atoms with van der Waals surface area (Å²) in [5.74, 6) is -0.827. The smallest absolute Gasteiger partial charge is 0.315 e. The van der Waals surface area contributed by atoms with Gasteiger partial charge < -0.3 is 5.32 Å². The van der Waals surface area contributed by atoms with Gasteiger partial charge in [-0.3, -0.25) is 0 Å². The van der Waals surface area contributed by atoms with Crippen LogP contribution in [0.1, 0.15) is 28.5 Å². The summed E-state index contributed by atoms with van der Waals surface area (Å²) in [5, 5.41) is 3.10. The van der Waals surface area contributed by atoms with Crippen molar-refractivity contribution >= 4 is 0 Å². The molecule has 2 atom stereocenters. The Kier molecular flexibility index (Phi) is 5.16. The Hall–Kier alpha value is -2.16. The molecular weight excluding hydrogens is 394 g/mol. The summed E-state index contributed by atoms with van der Waals surface area (Å²) < 4.78 is 104. The molecule has 0 aliphatic carbocycles. The first-order valence-electron chi connectivity index (χ1n) is 8.34. The zero-order valence-electron chi connectivity index (χ0n) is 14.2. The third-order valence-corrected chi connectivity index (χ3v) is 5.03. The van der Waals surface area contributed by atoms with Crippen LogP contribution in [0, 0.1) is 5.82 Å². The normalized spacial score (nSPS) is 21.1. The Morgan fingerprint density at radius 3 is 1.43 bits per heavy atom. The average molecular weight is 409 g/mol. The molecule has 0 aromatic heterocycles. The second-order valence-electron chi connectivity index (χ2n) is 6.70. The van der Waals surface area contributed by atoms with Gasteiger partial charge in [0.05, 0.1) is 0 Å². The van der Waals surface area contributed by atoms with Crippen LogP contribution in [0.5, 0.6) is 0 Å². The van der Waals surface area contributed by atoms with Crippen LogP contribution < -0.4 is 5.32 Å². The Morgan fingerprint density at radius 1 is 0.643 bits per heavy atom. The van der Waals surface area contributed by atoms with Crippen molar-refractivity contribution in [3.63, 3.8) is 0 Å². The minimum absolute atomic E-state index is 0.146. The molecule has 28 heavy (non-hydrogen) atoms. The number of nitrogens with one attached hydrogen (secondary N) is 1. The number of hydrogen-bond donors (Lipinski definition) is 1. The van der Waals surface area contributed by atoms with Crippen LogP contribution in [0.15, 0.2) is 48.5 Å². The van der Waals surface area contributed by atoms with E-state index >= 15 is 0 Å². The molecule has 1 aliphatic rings. The lowest BCUT2D eigenvalue weighted by molar-refractivity contribution is -0.348. The Balaban J connectivity index is 1.92. The van der Waals surface area contributed by atoms with E-state index < -0.39 is 29.4 Å². The van der Waals surface area contributed by atoms with Crippen LogP contribution in [0.4, 0.5) is 35.1 Å². The summed E-state index contributed by atoms with van der Waals surface area (Å²) in [6, 6.07) is 8.91. The van der Waals surface area contributed by atoms with E-state index in [0.29, 0.717) is 30.8 Å². The highest BCUT2D eigenvalue weighted by Crippen LogP contribution is 2.53. The van der Waals surface area contributed by atoms with Crippen molar-refractivity contribution in [1.82, 2.24) is 5.32 Å². The highest BCUT2D eigenvalue weighted by Gasteiger charge is 2.73. The summed E-state index contributed by atoms with van der Waals surface area (Å²) in [6.45, 7) is 0.941. The van der Waals surface area contributed by atoms with Crippen molar-refractivity contribution in [2.24, 2.45) is 0 Å². The van der Waals surface area contributed by atoms with E-state index in [2.05, 4.69) is 5.32 Å². The molecule has 152 valence electrons. The third-order valence-electron chi connectivity index (χ3n) is 5.03. The molecule has 1 heterocycles. The second kappa shape index (κ2) is 7.02. The topological polar surface area (TPSA) is 12.0 Å². The zero-order valence-corrected chi connectivity index (χ0v) is 14.2. The van der Waals surface area contributed by atoms with E-state index in [4.69, 9.17) is 0 Å². The van der Waals surface area contributed by atoms with E-state index in [1.807, 2.05) is 0 Å². The first-order chi connectivity index (χ1) is 12.9. The molecule has 2 unspecified atom stereocenters. The standard InChI is InChI=1S/C19H15F8N/c20-14-7-3-12(4-8-14)16-10-28-9-15(16)11-1-5-13(6-2-11)17(21,18(22,23)24)19(25,26)27/h1-8,15-16,28H,9-10H2. The third kappa shape index (κ3) is 3.47. The van der Waals surface area contributed by atoms with Crippen molar-refractivity contribution < 1.29 is 35.1 Å². The fourth-order valence-electron chi connectivity index (χ4n) is 3.54. The molecule has 0 spiro atoms. The summed E-state index contributed by atoms with van der Waals surface area (Å²) >= 11 is 0. The van der Waals surface area contributed by atoms with Gasteiger partial charge in [0.1, 0.15) is 5.82 Å². The number of benzene rings is 2. The SMILES string of the molecule is Fc1ccc(C2CNCC2c2ccc(C(F)(C(F)(F)F)C(F)(F)F)cc2)cc1. The molecule has 2 aromatic carbocycles. The minimum Gasteiger partial charge on any atom is -0.315 e. The maximum atomic E-state index is 14.1. The van der Waals surface area contributed by atoms with Gasteiger partial charge in [0, 0.05) is 30.5 Å². The first kappa shape index (κ1) is 20.6. The monoisotopic (exact) mass is 409 g/mol. The quantitative estimate of drug-likeness (QED) is 0.652. The van der Waals surface area contributed by atoms with Gasteiger partial charge in [-0.25, -0.2) is 8.78 Å². The number of rotatable bonds is 3. The molecule has 0 bridgehead atoms. The zero-order chi connectivity index (χ0) is 20.7. The van der Waals surface area contributed by atoms with Crippen LogP contribution in [-0.2, 0) is 5.67 Å². The molecule has 0 amide bonds. The summed E-state index contributed by atoms with van der Waals surface area (Å²) in [7, 11) is 0. The van der Waals surface area contributed by atoms with Crippen molar-refractivity contribution in [1.29, 1.82) is 0 Å². The van der Waals surface area contributed by atoms with Crippen LogP contribution in [0.3, 0.4) is 0 Å². The van der Waals surface area contributed by atoms with E-state index in [9.17, 15) is 35.1 Å². The van der Waals surface area contributed by atoms with E-state index in [-0.39, 0.29) is 11.8 Å². The fraction of sp³-hybridized carbons (Fsp3) is 0.368. The lowest BCUT2D eigenvalue weighted by Gasteiger charge is -2.30. The Bertz CT molecular complexity index is 794. The molecule has 1 nitrogen and oxygen atoms in total. The summed E-state index contributed by atoms with van der Waals surface area (Å²) in [6.07, 6.45) is -12.3. The minimum atomic E-state index is -6.14. The Labute approximate surface area is 155 Å². The molecule has 1 N–H and O–H groups in total. The molecule has 0 saturated carbocycles. The van der Waals surface area contributed by atoms with Gasteiger partial charge in [-0.2, -0.15) is 26.3 Å². The van der Waals surface area contributed by atoms with Crippen LogP contribution in [0.25, 0.3) is 0 Å². The molecule has 9 heteroatoms. The molecular formula is C19H15F8N. The maximum absolute atomic E-state index is 14.1. The predicted octanol–water partition coefficient (Wildman–Crippen LogP) is 5.59. The lowest BCUT2D eigenvalue weighted by Crippen LogP contribution is -2.50. The van der Waals surface area contributed by atoms with Crippen molar-refractivity contribution in [2.45, 2.75) is 29.9 Å². The van der Waals surface area contributed by atoms with Crippen LogP contribution in [-0.4, -0.2) is 25.4 Å². The van der Waals surface area contributed by atoms with Crippen molar-refractivity contribution in [2.75, 3.05) is 13.1 Å². The van der Waals surface area contributed by atoms with E-state index in [0.717, 1.165) is 17.7 Å². The van der Waals surface area contributed by atoms with Gasteiger partial charge in [0.2, 0.25) is 0 Å². The van der Waals surface area contributed by atoms with Gasteiger partial charge in [0.15, 0.2) is 0 Å². The fourth-order valence-corrected chi connectivity index (χ4v) is 3.54. The molecule has 3 rings (SSSR count). The van der Waals surface area contributed by atoms with Gasteiger partial charge in [-0.1, -0.05) is 36.4 Å². The molecule has 0 radical (unpaired) electrons. The van der Waals surface area contributed by atoms with E-state index in [1.54, 1.807) is 12.1 Å². The predicted molar refractivity (Wildman–Crippen MR) is 86.1 cm³/mol. The number of halogens is 8.